The smallest absolute Gasteiger partial charge is 0.411 e. The summed E-state index contributed by atoms with van der Waals surface area (Å²) in [5.74, 6) is -6.14. The molecule has 3 aliphatic carbocycles. The molecule has 11 heteroatoms. The van der Waals surface area contributed by atoms with Crippen molar-refractivity contribution in [3.8, 4) is 5.75 Å². The summed E-state index contributed by atoms with van der Waals surface area (Å²) < 4.78 is 5.12. The Balaban J connectivity index is 1.78. The molecule has 0 fully saturated rings. The largest absolute Gasteiger partial charge is 0.511 e. The van der Waals surface area contributed by atoms with E-state index < -0.39 is 64.2 Å². The van der Waals surface area contributed by atoms with Crippen LogP contribution < -0.4 is 16.0 Å². The predicted octanol–water partition coefficient (Wildman–Crippen LogP) is 2.88. The first-order valence-electron chi connectivity index (χ1n) is 12.2. The van der Waals surface area contributed by atoms with Crippen LogP contribution in [0.25, 0.3) is 0 Å². The SMILES string of the molecule is CCCCOC(=O)Nc1cc(N(C)C)c2c(c1O)C(=O)C1=C(O)C3C(=O)C(C(N)=O)=C(O)CC3CC1C2. The lowest BCUT2D eigenvalue weighted by molar-refractivity contribution is -0.126. The lowest BCUT2D eigenvalue weighted by Gasteiger charge is -2.41. The van der Waals surface area contributed by atoms with Crippen molar-refractivity contribution in [1.82, 2.24) is 0 Å². The van der Waals surface area contributed by atoms with Crippen LogP contribution in [0.5, 0.6) is 5.75 Å². The fourth-order valence-electron chi connectivity index (χ4n) is 5.64. The van der Waals surface area contributed by atoms with E-state index in [1.165, 1.54) is 0 Å². The van der Waals surface area contributed by atoms with E-state index in [0.29, 0.717) is 24.1 Å². The first-order chi connectivity index (χ1) is 17.5. The molecule has 3 unspecified atom stereocenters. The average molecular weight is 514 g/mol. The number of ether oxygens (including phenoxy) is 1. The van der Waals surface area contributed by atoms with Gasteiger partial charge < -0.3 is 30.7 Å². The Morgan fingerprint density at radius 1 is 1.19 bits per heavy atom. The molecule has 1 aromatic carbocycles. The molecule has 4 rings (SSSR count). The fourth-order valence-corrected chi connectivity index (χ4v) is 5.64. The zero-order valence-corrected chi connectivity index (χ0v) is 21.0. The minimum absolute atomic E-state index is 0.0185. The van der Waals surface area contributed by atoms with Crippen LogP contribution in [-0.4, -0.2) is 59.6 Å². The van der Waals surface area contributed by atoms with Crippen molar-refractivity contribution in [2.45, 2.75) is 39.0 Å². The highest BCUT2D eigenvalue weighted by Gasteiger charge is 2.50. The zero-order chi connectivity index (χ0) is 27.2. The summed E-state index contributed by atoms with van der Waals surface area (Å²) in [5.41, 5.74) is 5.71. The molecule has 11 nitrogen and oxygen atoms in total. The van der Waals surface area contributed by atoms with Gasteiger partial charge in [0.1, 0.15) is 17.1 Å². The Bertz CT molecular complexity index is 1260. The van der Waals surface area contributed by atoms with Crippen LogP contribution in [0.2, 0.25) is 0 Å². The number of aliphatic hydroxyl groups is 2. The number of nitrogens with zero attached hydrogens (tertiary/aromatic N) is 1. The average Bonchev–Trinajstić information content (AvgIpc) is 2.79. The molecule has 0 saturated heterocycles. The first-order valence-corrected chi connectivity index (χ1v) is 12.2. The number of phenolic OH excluding ortho intramolecular Hbond substituents is 1. The maximum atomic E-state index is 13.8. The minimum atomic E-state index is -1.19. The molecule has 3 atom stereocenters. The van der Waals surface area contributed by atoms with Gasteiger partial charge in [-0.05, 0) is 42.7 Å². The Morgan fingerprint density at radius 3 is 2.51 bits per heavy atom. The van der Waals surface area contributed by atoms with Crippen LogP contribution in [0.15, 0.2) is 28.7 Å². The standard InChI is InChI=1S/C26H31N3O8/c1-4-5-6-37-26(36)28-14-10-15(29(2)3)13-8-11-7-12-9-16(30)20(25(27)35)24(34)18(12)22(32)17(11)23(33)19(13)21(14)31/h10-12,18,30-32H,4-9H2,1-3H3,(H2,27,35)(H,28,36). The van der Waals surface area contributed by atoms with Crippen molar-refractivity contribution in [1.29, 1.82) is 0 Å². The molecular weight excluding hydrogens is 482 g/mol. The fraction of sp³-hybridized carbons (Fsp3) is 0.462. The van der Waals surface area contributed by atoms with E-state index in [4.69, 9.17) is 10.5 Å². The summed E-state index contributed by atoms with van der Waals surface area (Å²) in [5, 5.41) is 35.0. The summed E-state index contributed by atoms with van der Waals surface area (Å²) in [6, 6.07) is 1.56. The number of primary amides is 1. The van der Waals surface area contributed by atoms with Crippen LogP contribution >= 0.6 is 0 Å². The third-order valence-corrected chi connectivity index (χ3v) is 7.31. The van der Waals surface area contributed by atoms with E-state index in [2.05, 4.69) is 5.32 Å². The second-order valence-electron chi connectivity index (χ2n) is 9.91. The van der Waals surface area contributed by atoms with E-state index in [0.717, 1.165) is 6.42 Å². The third-order valence-electron chi connectivity index (χ3n) is 7.31. The highest BCUT2D eigenvalue weighted by Crippen LogP contribution is 2.51. The molecule has 198 valence electrons. The molecule has 0 aromatic heterocycles. The Hall–Kier alpha value is -4.02. The van der Waals surface area contributed by atoms with E-state index in [-0.39, 0.29) is 36.3 Å². The zero-order valence-electron chi connectivity index (χ0n) is 21.0. The van der Waals surface area contributed by atoms with Crippen molar-refractivity contribution in [2.24, 2.45) is 23.5 Å². The number of carbonyl (C=O) groups excluding carboxylic acids is 4. The topological polar surface area (TPSA) is 179 Å². The number of amides is 2. The van der Waals surface area contributed by atoms with Gasteiger partial charge in [-0.1, -0.05) is 13.3 Å². The van der Waals surface area contributed by atoms with Gasteiger partial charge in [-0.2, -0.15) is 0 Å². The van der Waals surface area contributed by atoms with Gasteiger partial charge in [-0.25, -0.2) is 4.79 Å². The van der Waals surface area contributed by atoms with Crippen LogP contribution in [0.1, 0.15) is 48.5 Å². The number of unbranched alkanes of at least 4 members (excludes halogenated alkanes) is 1. The van der Waals surface area contributed by atoms with Crippen molar-refractivity contribution in [3.05, 3.63) is 39.9 Å². The normalized spacial score (nSPS) is 22.7. The molecule has 0 radical (unpaired) electrons. The monoisotopic (exact) mass is 513 g/mol. The number of ketones is 2. The molecule has 0 spiro atoms. The second kappa shape index (κ2) is 9.79. The number of aromatic hydroxyl groups is 1. The molecule has 0 bridgehead atoms. The Kier molecular flexibility index (Phi) is 6.90. The van der Waals surface area contributed by atoms with Crippen LogP contribution in [-0.2, 0) is 20.7 Å². The lowest BCUT2D eigenvalue weighted by Crippen LogP contribution is -2.43. The summed E-state index contributed by atoms with van der Waals surface area (Å²) in [6.07, 6.45) is 1.26. The van der Waals surface area contributed by atoms with Gasteiger partial charge in [0.25, 0.3) is 5.91 Å². The number of nitrogens with one attached hydrogen (secondary N) is 1. The third kappa shape index (κ3) is 4.38. The number of nitrogens with two attached hydrogens (primary N) is 1. The van der Waals surface area contributed by atoms with Crippen molar-refractivity contribution in [2.75, 3.05) is 30.9 Å². The summed E-state index contributed by atoms with van der Waals surface area (Å²) in [7, 11) is 3.52. The van der Waals surface area contributed by atoms with Gasteiger partial charge in [-0.15, -0.1) is 0 Å². The minimum Gasteiger partial charge on any atom is -0.511 e. The molecule has 1 aromatic rings. The second-order valence-corrected chi connectivity index (χ2v) is 9.91. The number of Topliss-reactive ketones (excluding diaryl/α,β-unsaturated/α-hetero) is 2. The van der Waals surface area contributed by atoms with E-state index >= 15 is 0 Å². The van der Waals surface area contributed by atoms with Crippen molar-refractivity contribution in [3.63, 3.8) is 0 Å². The summed E-state index contributed by atoms with van der Waals surface area (Å²) >= 11 is 0. The van der Waals surface area contributed by atoms with Gasteiger partial charge >= 0.3 is 6.09 Å². The Labute approximate surface area is 213 Å². The van der Waals surface area contributed by atoms with Crippen molar-refractivity contribution < 1.29 is 39.2 Å². The Morgan fingerprint density at radius 2 is 1.89 bits per heavy atom. The van der Waals surface area contributed by atoms with E-state index in [1.807, 2.05) is 6.92 Å². The maximum absolute atomic E-state index is 13.8. The number of phenols is 1. The number of rotatable bonds is 6. The van der Waals surface area contributed by atoms with Gasteiger partial charge in [0, 0.05) is 31.8 Å². The van der Waals surface area contributed by atoms with Crippen molar-refractivity contribution >= 4 is 34.9 Å². The summed E-state index contributed by atoms with van der Waals surface area (Å²) in [4.78, 5) is 52.5. The van der Waals surface area contributed by atoms with Gasteiger partial charge in [0.05, 0.1) is 23.8 Å². The molecule has 2 amide bonds. The number of carbonyl (C=O) groups is 4. The first kappa shape index (κ1) is 26.1. The molecule has 0 heterocycles. The predicted molar refractivity (Wildman–Crippen MR) is 134 cm³/mol. The number of benzene rings is 1. The lowest BCUT2D eigenvalue weighted by atomic mass is 9.62. The van der Waals surface area contributed by atoms with E-state index in [1.54, 1.807) is 25.1 Å². The molecular formula is C26H31N3O8. The van der Waals surface area contributed by atoms with Crippen LogP contribution in [0.3, 0.4) is 0 Å². The quantitative estimate of drug-likeness (QED) is 0.217. The highest BCUT2D eigenvalue weighted by atomic mass is 16.5. The number of hydrogen-bond donors (Lipinski definition) is 5. The van der Waals surface area contributed by atoms with Gasteiger partial charge in [-0.3, -0.25) is 19.7 Å². The molecule has 6 N–H and O–H groups in total. The van der Waals surface area contributed by atoms with Crippen LogP contribution in [0, 0.1) is 17.8 Å². The molecule has 0 saturated carbocycles. The molecule has 0 aliphatic heterocycles. The highest BCUT2D eigenvalue weighted by molar-refractivity contribution is 6.22. The number of allylic oxidation sites excluding steroid dienone is 3. The number of hydrogen-bond acceptors (Lipinski definition) is 9. The number of aliphatic hydroxyl groups excluding tert-OH is 2. The number of anilines is 2. The van der Waals surface area contributed by atoms with E-state index in [9.17, 15) is 34.5 Å². The summed E-state index contributed by atoms with van der Waals surface area (Å²) in [6.45, 7) is 2.15. The van der Waals surface area contributed by atoms with Crippen LogP contribution in [0.4, 0.5) is 16.2 Å². The van der Waals surface area contributed by atoms with Gasteiger partial charge in [0.15, 0.2) is 17.3 Å². The molecule has 3 aliphatic rings. The van der Waals surface area contributed by atoms with Gasteiger partial charge in [0.2, 0.25) is 0 Å². The number of fused-ring (bicyclic) bond motifs is 3. The molecule has 37 heavy (non-hydrogen) atoms. The maximum Gasteiger partial charge on any atom is 0.411 e.